The summed E-state index contributed by atoms with van der Waals surface area (Å²) in [4.78, 5) is 2.15. The Hall–Kier alpha value is -1.90. The largest absolute Gasteiger partial charge is 0.467 e. The van der Waals surface area contributed by atoms with Crippen molar-refractivity contribution in [1.29, 1.82) is 0 Å². The van der Waals surface area contributed by atoms with Gasteiger partial charge >= 0.3 is 0 Å². The van der Waals surface area contributed by atoms with Crippen LogP contribution in [0.2, 0.25) is 0 Å². The molecular formula is C13H16N2O. The van der Waals surface area contributed by atoms with Gasteiger partial charge in [0, 0.05) is 18.4 Å². The molecule has 1 aromatic heterocycles. The van der Waals surface area contributed by atoms with E-state index in [2.05, 4.69) is 11.8 Å². The fourth-order valence-corrected chi connectivity index (χ4v) is 1.83. The summed E-state index contributed by atoms with van der Waals surface area (Å²) >= 11 is 0. The Morgan fingerprint density at radius 2 is 2.12 bits per heavy atom. The van der Waals surface area contributed by atoms with Gasteiger partial charge in [-0.05, 0) is 42.8 Å². The molecule has 16 heavy (non-hydrogen) atoms. The zero-order valence-electron chi connectivity index (χ0n) is 9.60. The fraction of sp³-hybridized carbons (Fsp3) is 0.231. The van der Waals surface area contributed by atoms with Crippen LogP contribution in [0, 0.1) is 6.92 Å². The van der Waals surface area contributed by atoms with Crippen molar-refractivity contribution in [3.63, 3.8) is 0 Å². The molecule has 0 amide bonds. The molecule has 0 aliphatic rings. The number of nitrogens with two attached hydrogens (primary N) is 1. The predicted molar refractivity (Wildman–Crippen MR) is 66.4 cm³/mol. The number of hydrogen-bond donors (Lipinski definition) is 1. The van der Waals surface area contributed by atoms with Crippen LogP contribution < -0.4 is 10.6 Å². The second kappa shape index (κ2) is 4.31. The van der Waals surface area contributed by atoms with Gasteiger partial charge in [-0.1, -0.05) is 0 Å². The van der Waals surface area contributed by atoms with Crippen LogP contribution in [0.25, 0.3) is 0 Å². The third-order valence-corrected chi connectivity index (χ3v) is 2.61. The summed E-state index contributed by atoms with van der Waals surface area (Å²) in [5.41, 5.74) is 8.87. The van der Waals surface area contributed by atoms with E-state index in [0.29, 0.717) is 0 Å². The Morgan fingerprint density at radius 1 is 1.31 bits per heavy atom. The van der Waals surface area contributed by atoms with Crippen molar-refractivity contribution >= 4 is 11.4 Å². The fourth-order valence-electron chi connectivity index (χ4n) is 1.83. The Balaban J connectivity index is 2.17. The van der Waals surface area contributed by atoms with E-state index in [1.54, 1.807) is 6.26 Å². The van der Waals surface area contributed by atoms with E-state index in [-0.39, 0.29) is 0 Å². The van der Waals surface area contributed by atoms with Crippen LogP contribution in [0.4, 0.5) is 11.4 Å². The lowest BCUT2D eigenvalue weighted by molar-refractivity contribution is 0.507. The number of nitrogen functional groups attached to an aromatic ring is 1. The summed E-state index contributed by atoms with van der Waals surface area (Å²) < 4.78 is 5.32. The number of anilines is 2. The molecule has 2 N–H and O–H groups in total. The van der Waals surface area contributed by atoms with Gasteiger partial charge in [-0.25, -0.2) is 0 Å². The lowest BCUT2D eigenvalue weighted by Gasteiger charge is -2.20. The highest BCUT2D eigenvalue weighted by molar-refractivity contribution is 5.58. The summed E-state index contributed by atoms with van der Waals surface area (Å²) in [6.45, 7) is 2.82. The van der Waals surface area contributed by atoms with Gasteiger partial charge in [-0.3, -0.25) is 0 Å². The molecule has 0 spiro atoms. The minimum atomic E-state index is 0.762. The van der Waals surface area contributed by atoms with Gasteiger partial charge in [-0.15, -0.1) is 0 Å². The van der Waals surface area contributed by atoms with E-state index >= 15 is 0 Å². The Labute approximate surface area is 95.5 Å². The van der Waals surface area contributed by atoms with E-state index in [4.69, 9.17) is 10.2 Å². The van der Waals surface area contributed by atoms with Gasteiger partial charge in [0.05, 0.1) is 12.8 Å². The maximum Gasteiger partial charge on any atom is 0.123 e. The molecule has 2 aromatic rings. The van der Waals surface area contributed by atoms with Crippen LogP contribution in [-0.4, -0.2) is 7.05 Å². The highest BCUT2D eigenvalue weighted by Gasteiger charge is 2.06. The lowest BCUT2D eigenvalue weighted by atomic mass is 10.1. The number of aryl methyl sites for hydroxylation is 1. The Morgan fingerprint density at radius 3 is 2.75 bits per heavy atom. The third-order valence-electron chi connectivity index (χ3n) is 2.61. The molecule has 0 aliphatic heterocycles. The molecular weight excluding hydrogens is 200 g/mol. The molecule has 1 aromatic carbocycles. The molecule has 0 radical (unpaired) electrons. The van der Waals surface area contributed by atoms with E-state index in [1.807, 2.05) is 37.4 Å². The quantitative estimate of drug-likeness (QED) is 0.802. The number of rotatable bonds is 3. The zero-order valence-corrected chi connectivity index (χ0v) is 9.60. The van der Waals surface area contributed by atoms with Crippen molar-refractivity contribution in [1.82, 2.24) is 0 Å². The first-order chi connectivity index (χ1) is 7.66. The minimum Gasteiger partial charge on any atom is -0.467 e. The van der Waals surface area contributed by atoms with Crippen molar-refractivity contribution in [2.24, 2.45) is 0 Å². The highest BCUT2D eigenvalue weighted by Crippen LogP contribution is 2.22. The molecule has 2 rings (SSSR count). The summed E-state index contributed by atoms with van der Waals surface area (Å²) in [5.74, 6) is 0.957. The van der Waals surface area contributed by atoms with Crippen molar-refractivity contribution < 1.29 is 4.42 Å². The van der Waals surface area contributed by atoms with Crippen LogP contribution in [-0.2, 0) is 6.54 Å². The van der Waals surface area contributed by atoms with Gasteiger partial charge < -0.3 is 15.1 Å². The molecule has 84 valence electrons. The average Bonchev–Trinajstić information content (AvgIpc) is 2.70. The topological polar surface area (TPSA) is 42.4 Å². The first kappa shape index (κ1) is 10.6. The Bertz CT molecular complexity index is 463. The molecule has 0 saturated carbocycles. The average molecular weight is 216 g/mol. The second-order valence-corrected chi connectivity index (χ2v) is 3.98. The molecule has 3 heteroatoms. The number of hydrogen-bond acceptors (Lipinski definition) is 3. The van der Waals surface area contributed by atoms with Crippen LogP contribution >= 0.6 is 0 Å². The van der Waals surface area contributed by atoms with Crippen molar-refractivity contribution in [2.75, 3.05) is 17.7 Å². The summed E-state index contributed by atoms with van der Waals surface area (Å²) in [6.07, 6.45) is 1.69. The SMILES string of the molecule is Cc1cc(N)ccc1N(C)Cc1ccco1. The van der Waals surface area contributed by atoms with Gasteiger partial charge in [0.25, 0.3) is 0 Å². The molecule has 0 unspecified atom stereocenters. The Kier molecular flexibility index (Phi) is 2.86. The van der Waals surface area contributed by atoms with E-state index < -0.39 is 0 Å². The standard InChI is InChI=1S/C13H16N2O/c1-10-8-11(14)5-6-13(10)15(2)9-12-4-3-7-16-12/h3-8H,9,14H2,1-2H3. The third kappa shape index (κ3) is 2.19. The molecule has 0 fully saturated rings. The van der Waals surface area contributed by atoms with Crippen LogP contribution in [0.15, 0.2) is 41.0 Å². The van der Waals surface area contributed by atoms with Crippen LogP contribution in [0.3, 0.4) is 0 Å². The summed E-state index contributed by atoms with van der Waals surface area (Å²) in [6, 6.07) is 9.81. The van der Waals surface area contributed by atoms with Crippen LogP contribution in [0.5, 0.6) is 0 Å². The number of benzene rings is 1. The molecule has 0 aliphatic carbocycles. The molecule has 3 nitrogen and oxygen atoms in total. The van der Waals surface area contributed by atoms with Crippen molar-refractivity contribution in [3.05, 3.63) is 47.9 Å². The maximum atomic E-state index is 5.73. The summed E-state index contributed by atoms with van der Waals surface area (Å²) in [7, 11) is 2.04. The monoisotopic (exact) mass is 216 g/mol. The van der Waals surface area contributed by atoms with Crippen molar-refractivity contribution in [3.8, 4) is 0 Å². The van der Waals surface area contributed by atoms with E-state index in [1.165, 1.54) is 11.3 Å². The second-order valence-electron chi connectivity index (χ2n) is 3.98. The number of nitrogens with zero attached hydrogens (tertiary/aromatic N) is 1. The smallest absolute Gasteiger partial charge is 0.123 e. The lowest BCUT2D eigenvalue weighted by Crippen LogP contribution is -2.17. The van der Waals surface area contributed by atoms with Crippen molar-refractivity contribution in [2.45, 2.75) is 13.5 Å². The van der Waals surface area contributed by atoms with Gasteiger partial charge in [0.1, 0.15) is 5.76 Å². The minimum absolute atomic E-state index is 0.762. The molecule has 0 bridgehead atoms. The molecule has 1 heterocycles. The van der Waals surface area contributed by atoms with Gasteiger partial charge in [0.2, 0.25) is 0 Å². The highest BCUT2D eigenvalue weighted by atomic mass is 16.3. The van der Waals surface area contributed by atoms with E-state index in [9.17, 15) is 0 Å². The number of furan rings is 1. The van der Waals surface area contributed by atoms with Gasteiger partial charge in [0.15, 0.2) is 0 Å². The first-order valence-corrected chi connectivity index (χ1v) is 5.26. The molecule has 0 atom stereocenters. The zero-order chi connectivity index (χ0) is 11.5. The van der Waals surface area contributed by atoms with Gasteiger partial charge in [-0.2, -0.15) is 0 Å². The van der Waals surface area contributed by atoms with Crippen LogP contribution in [0.1, 0.15) is 11.3 Å². The van der Waals surface area contributed by atoms with E-state index in [0.717, 1.165) is 18.0 Å². The normalized spacial score (nSPS) is 10.4. The molecule has 0 saturated heterocycles. The first-order valence-electron chi connectivity index (χ1n) is 5.26. The predicted octanol–water partition coefficient (Wildman–Crippen LogP) is 2.81. The summed E-state index contributed by atoms with van der Waals surface area (Å²) in [5, 5.41) is 0. The maximum absolute atomic E-state index is 5.73.